The molecular formula is C14H15N3O4. The van der Waals surface area contributed by atoms with Crippen LogP contribution in [-0.4, -0.2) is 27.7 Å². The predicted molar refractivity (Wildman–Crippen MR) is 77.4 cm³/mol. The number of rotatable bonds is 5. The van der Waals surface area contributed by atoms with E-state index in [-0.39, 0.29) is 22.7 Å². The number of nitrogens with one attached hydrogen (secondary N) is 1. The molecule has 0 saturated heterocycles. The van der Waals surface area contributed by atoms with E-state index in [9.17, 15) is 9.59 Å². The van der Waals surface area contributed by atoms with Crippen LogP contribution in [0.1, 0.15) is 17.3 Å². The van der Waals surface area contributed by atoms with Gasteiger partial charge in [0, 0.05) is 30.7 Å². The molecule has 7 heteroatoms. The molecule has 2 aromatic rings. The minimum Gasteiger partial charge on any atom is -0.496 e. The maximum atomic E-state index is 12.0. The Kier molecular flexibility index (Phi) is 4.22. The van der Waals surface area contributed by atoms with Gasteiger partial charge in [0.15, 0.2) is 5.82 Å². The second-order valence-corrected chi connectivity index (χ2v) is 4.21. The summed E-state index contributed by atoms with van der Waals surface area (Å²) in [6.07, 6.45) is 3.12. The van der Waals surface area contributed by atoms with Gasteiger partial charge in [0.05, 0.1) is 7.11 Å². The quantitative estimate of drug-likeness (QED) is 0.870. The van der Waals surface area contributed by atoms with Crippen molar-refractivity contribution < 1.29 is 14.6 Å². The van der Waals surface area contributed by atoms with E-state index >= 15 is 0 Å². The summed E-state index contributed by atoms with van der Waals surface area (Å²) in [5.41, 5.74) is 0.326. The third-order valence-corrected chi connectivity index (χ3v) is 2.95. The van der Waals surface area contributed by atoms with Gasteiger partial charge in [-0.3, -0.25) is 4.79 Å². The molecule has 0 aliphatic heterocycles. The molecule has 0 fully saturated rings. The van der Waals surface area contributed by atoms with Crippen molar-refractivity contribution in [1.29, 1.82) is 0 Å². The lowest BCUT2D eigenvalue weighted by Gasteiger charge is -2.10. The third kappa shape index (κ3) is 3.02. The van der Waals surface area contributed by atoms with Gasteiger partial charge in [-0.25, -0.2) is 9.78 Å². The number of carboxylic acids is 1. The second-order valence-electron chi connectivity index (χ2n) is 4.21. The Hall–Kier alpha value is -2.83. The van der Waals surface area contributed by atoms with Crippen molar-refractivity contribution in [2.75, 3.05) is 12.4 Å². The number of hydrogen-bond acceptors (Lipinski definition) is 5. The standard InChI is InChI=1S/C14H15N3O4/c1-3-17-7-6-15-12(13(17)18)16-9-4-5-10(14(19)20)11(8-9)21-2/h4-8H,3H2,1-2H3,(H,15,16)(H,19,20). The minimum atomic E-state index is -1.08. The second kappa shape index (κ2) is 6.08. The molecule has 0 aliphatic carbocycles. The zero-order valence-corrected chi connectivity index (χ0v) is 11.7. The van der Waals surface area contributed by atoms with E-state index in [0.29, 0.717) is 12.2 Å². The molecule has 1 aromatic carbocycles. The van der Waals surface area contributed by atoms with Crippen molar-refractivity contribution in [3.63, 3.8) is 0 Å². The van der Waals surface area contributed by atoms with Crippen LogP contribution in [0.25, 0.3) is 0 Å². The predicted octanol–water partition coefficient (Wildman–Crippen LogP) is 1.71. The van der Waals surface area contributed by atoms with Crippen molar-refractivity contribution >= 4 is 17.5 Å². The Balaban J connectivity index is 2.37. The van der Waals surface area contributed by atoms with Gasteiger partial charge in [0.25, 0.3) is 5.56 Å². The van der Waals surface area contributed by atoms with E-state index in [4.69, 9.17) is 9.84 Å². The van der Waals surface area contributed by atoms with E-state index in [1.54, 1.807) is 12.3 Å². The summed E-state index contributed by atoms with van der Waals surface area (Å²) in [7, 11) is 1.39. The molecule has 0 radical (unpaired) electrons. The van der Waals surface area contributed by atoms with Crippen LogP contribution in [0.4, 0.5) is 11.5 Å². The van der Waals surface area contributed by atoms with E-state index in [0.717, 1.165) is 0 Å². The van der Waals surface area contributed by atoms with Crippen LogP contribution in [0.5, 0.6) is 5.75 Å². The lowest BCUT2D eigenvalue weighted by atomic mass is 10.2. The van der Waals surface area contributed by atoms with Gasteiger partial charge in [-0.05, 0) is 19.1 Å². The molecular weight excluding hydrogens is 274 g/mol. The molecule has 110 valence electrons. The number of benzene rings is 1. The normalized spacial score (nSPS) is 10.2. The van der Waals surface area contributed by atoms with Crippen LogP contribution in [0.15, 0.2) is 35.4 Å². The average Bonchev–Trinajstić information content (AvgIpc) is 2.49. The van der Waals surface area contributed by atoms with Gasteiger partial charge in [0.2, 0.25) is 0 Å². The number of methoxy groups -OCH3 is 1. The highest BCUT2D eigenvalue weighted by atomic mass is 16.5. The maximum absolute atomic E-state index is 12.0. The summed E-state index contributed by atoms with van der Waals surface area (Å²) in [5, 5.41) is 11.9. The highest BCUT2D eigenvalue weighted by Gasteiger charge is 2.12. The minimum absolute atomic E-state index is 0.0510. The van der Waals surface area contributed by atoms with Crippen molar-refractivity contribution in [2.24, 2.45) is 0 Å². The van der Waals surface area contributed by atoms with E-state index in [2.05, 4.69) is 10.3 Å². The fourth-order valence-electron chi connectivity index (χ4n) is 1.86. The number of carbonyl (C=O) groups is 1. The van der Waals surface area contributed by atoms with Crippen LogP contribution >= 0.6 is 0 Å². The molecule has 1 heterocycles. The number of anilines is 2. The Morgan fingerprint density at radius 2 is 2.24 bits per heavy atom. The Morgan fingerprint density at radius 1 is 1.48 bits per heavy atom. The van der Waals surface area contributed by atoms with Crippen molar-refractivity contribution in [3.8, 4) is 5.75 Å². The highest BCUT2D eigenvalue weighted by Crippen LogP contribution is 2.24. The summed E-state index contributed by atoms with van der Waals surface area (Å²) >= 11 is 0. The molecule has 0 bridgehead atoms. The number of aromatic nitrogens is 2. The zero-order chi connectivity index (χ0) is 15.4. The number of carboxylic acid groups (broad SMARTS) is 1. The number of aryl methyl sites for hydroxylation is 1. The van der Waals surface area contributed by atoms with Gasteiger partial charge in [-0.15, -0.1) is 0 Å². The van der Waals surface area contributed by atoms with E-state index < -0.39 is 5.97 Å². The smallest absolute Gasteiger partial charge is 0.339 e. The number of aromatic carboxylic acids is 1. The van der Waals surface area contributed by atoms with Crippen LogP contribution in [0, 0.1) is 0 Å². The molecule has 7 nitrogen and oxygen atoms in total. The molecule has 0 amide bonds. The topological polar surface area (TPSA) is 93.5 Å². The SMILES string of the molecule is CCn1ccnc(Nc2ccc(C(=O)O)c(OC)c2)c1=O. The average molecular weight is 289 g/mol. The summed E-state index contributed by atoms with van der Waals surface area (Å²) < 4.78 is 6.55. The largest absolute Gasteiger partial charge is 0.496 e. The highest BCUT2D eigenvalue weighted by molar-refractivity contribution is 5.91. The van der Waals surface area contributed by atoms with E-state index in [1.165, 1.54) is 30.0 Å². The fraction of sp³-hybridized carbons (Fsp3) is 0.214. The molecule has 0 atom stereocenters. The van der Waals surface area contributed by atoms with Gasteiger partial charge in [-0.2, -0.15) is 0 Å². The van der Waals surface area contributed by atoms with Crippen molar-refractivity contribution in [1.82, 2.24) is 9.55 Å². The third-order valence-electron chi connectivity index (χ3n) is 2.95. The van der Waals surface area contributed by atoms with E-state index in [1.807, 2.05) is 6.92 Å². The van der Waals surface area contributed by atoms with Gasteiger partial charge >= 0.3 is 5.97 Å². The van der Waals surface area contributed by atoms with Crippen LogP contribution in [-0.2, 0) is 6.54 Å². The number of ether oxygens (including phenoxy) is 1. The molecule has 21 heavy (non-hydrogen) atoms. The fourth-order valence-corrected chi connectivity index (χ4v) is 1.86. The van der Waals surface area contributed by atoms with Crippen LogP contribution in [0.3, 0.4) is 0 Å². The lowest BCUT2D eigenvalue weighted by Crippen LogP contribution is -2.22. The van der Waals surface area contributed by atoms with Crippen LogP contribution in [0.2, 0.25) is 0 Å². The number of hydrogen-bond donors (Lipinski definition) is 2. The number of nitrogens with zero attached hydrogens (tertiary/aromatic N) is 2. The van der Waals surface area contributed by atoms with Crippen LogP contribution < -0.4 is 15.6 Å². The monoisotopic (exact) mass is 289 g/mol. The summed E-state index contributed by atoms with van der Waals surface area (Å²) in [6, 6.07) is 4.47. The first-order chi connectivity index (χ1) is 10.1. The first kappa shape index (κ1) is 14.6. The summed E-state index contributed by atoms with van der Waals surface area (Å²) in [4.78, 5) is 27.1. The first-order valence-corrected chi connectivity index (χ1v) is 6.30. The van der Waals surface area contributed by atoms with Crippen molar-refractivity contribution in [2.45, 2.75) is 13.5 Å². The zero-order valence-electron chi connectivity index (χ0n) is 11.7. The molecule has 0 unspecified atom stereocenters. The maximum Gasteiger partial charge on any atom is 0.339 e. The molecule has 0 aliphatic rings. The van der Waals surface area contributed by atoms with Crippen molar-refractivity contribution in [3.05, 3.63) is 46.5 Å². The molecule has 1 aromatic heterocycles. The first-order valence-electron chi connectivity index (χ1n) is 6.30. The Bertz CT molecular complexity index is 724. The lowest BCUT2D eigenvalue weighted by molar-refractivity contribution is 0.0693. The molecule has 2 N–H and O–H groups in total. The Morgan fingerprint density at radius 3 is 2.86 bits per heavy atom. The Labute approximate surface area is 120 Å². The molecule has 2 rings (SSSR count). The van der Waals surface area contributed by atoms with Gasteiger partial charge in [-0.1, -0.05) is 0 Å². The molecule has 0 saturated carbocycles. The van der Waals surface area contributed by atoms with Gasteiger partial charge < -0.3 is 19.7 Å². The summed E-state index contributed by atoms with van der Waals surface area (Å²) in [5.74, 6) is -0.701. The summed E-state index contributed by atoms with van der Waals surface area (Å²) in [6.45, 7) is 2.40. The molecule has 0 spiro atoms. The van der Waals surface area contributed by atoms with Gasteiger partial charge in [0.1, 0.15) is 11.3 Å².